The number of carboxylic acids is 2. The van der Waals surface area contributed by atoms with E-state index in [0.29, 0.717) is 12.8 Å². The summed E-state index contributed by atoms with van der Waals surface area (Å²) in [6, 6.07) is 0. The van der Waals surface area contributed by atoms with Gasteiger partial charge in [-0.2, -0.15) is 0 Å². The van der Waals surface area contributed by atoms with Crippen molar-refractivity contribution in [2.24, 2.45) is 0 Å². The van der Waals surface area contributed by atoms with Gasteiger partial charge in [-0.15, -0.1) is 0 Å². The molecule has 0 saturated carbocycles. The molecule has 0 aliphatic rings. The number of esters is 2. The molecule has 0 aromatic carbocycles. The molecule has 0 saturated heterocycles. The molecule has 9 heteroatoms. The zero-order valence-electron chi connectivity index (χ0n) is 55.0. The van der Waals surface area contributed by atoms with Crippen LogP contribution in [0.4, 0.5) is 0 Å². The second kappa shape index (κ2) is 73.4. The Morgan fingerprint density at radius 2 is 0.383 bits per heavy atom. The normalized spacial score (nSPS) is 11.9. The predicted octanol–water partition coefficient (Wildman–Crippen LogP) is 21.2. The van der Waals surface area contributed by atoms with Crippen LogP contribution in [-0.4, -0.2) is 73.8 Å². The molecule has 0 spiro atoms. The van der Waals surface area contributed by atoms with E-state index in [0.717, 1.165) is 128 Å². The average molecular weight is 1170 g/mol. The van der Waals surface area contributed by atoms with E-state index in [1.54, 1.807) is 0 Å². The third-order valence-electron chi connectivity index (χ3n) is 16.6. The van der Waals surface area contributed by atoms with Crippen LogP contribution in [0.3, 0.4) is 0 Å². The van der Waals surface area contributed by atoms with Crippen LogP contribution < -0.4 is 10.2 Å². The van der Waals surface area contributed by atoms with Crippen molar-refractivity contribution < 1.29 is 38.9 Å². The zero-order chi connectivity index (χ0) is 58.7. The van der Waals surface area contributed by atoms with Crippen LogP contribution in [0.1, 0.15) is 426 Å². The Morgan fingerprint density at radius 3 is 0.556 bits per heavy atom. The molecule has 0 fully saturated rings. The molecule has 0 N–H and O–H groups in total. The van der Waals surface area contributed by atoms with Crippen molar-refractivity contribution >= 4 is 61.6 Å². The number of aliphatic carboxylic acids is 2. The number of carbonyl (C=O) groups excluding carboxylic acids is 4. The zero-order valence-corrected chi connectivity index (χ0v) is 57.2. The average Bonchev–Trinajstić information content (AvgIpc) is 3.43. The molecule has 0 aromatic heterocycles. The fourth-order valence-electron chi connectivity index (χ4n) is 11.3. The molecule has 0 aromatic rings. The first-order chi connectivity index (χ1) is 39.2. The van der Waals surface area contributed by atoms with E-state index in [-0.39, 0.29) is 74.7 Å². The number of hydrogen-bond donors (Lipinski definition) is 0. The van der Waals surface area contributed by atoms with E-state index >= 15 is 0 Å². The van der Waals surface area contributed by atoms with Gasteiger partial charge < -0.3 is 29.3 Å². The first-order valence-electron chi connectivity index (χ1n) is 36.0. The van der Waals surface area contributed by atoms with Crippen LogP contribution in [0.15, 0.2) is 0 Å². The van der Waals surface area contributed by atoms with Crippen molar-refractivity contribution in [1.82, 2.24) is 0 Å². The molecule has 2 atom stereocenters. The minimum Gasteiger partial charge on any atom is -0.550 e. The molecule has 0 radical (unpaired) electrons. The smallest absolute Gasteiger partial charge is 0.550 e. The Labute approximate surface area is 534 Å². The number of carboxylic acid groups (broad SMARTS) is 2. The Kier molecular flexibility index (Phi) is 76.4. The molecule has 0 amide bonds. The van der Waals surface area contributed by atoms with Crippen LogP contribution in [0.25, 0.3) is 0 Å². The van der Waals surface area contributed by atoms with Gasteiger partial charge in [0.1, 0.15) is 12.2 Å². The minimum atomic E-state index is -0.935. The Morgan fingerprint density at radius 1 is 0.235 bits per heavy atom. The molecular weight excluding hydrogens is 1030 g/mol. The summed E-state index contributed by atoms with van der Waals surface area (Å²) in [5, 5.41) is 21.0. The number of ether oxygens (including phenoxy) is 2. The summed E-state index contributed by atoms with van der Waals surface area (Å²) in [5.74, 6) is -1.84. The van der Waals surface area contributed by atoms with Crippen molar-refractivity contribution in [2.75, 3.05) is 0 Å². The second-order valence-corrected chi connectivity index (χ2v) is 24.8. The number of carbonyl (C=O) groups is 4. The minimum absolute atomic E-state index is 0. The van der Waals surface area contributed by atoms with Crippen molar-refractivity contribution in [1.29, 1.82) is 0 Å². The topological polar surface area (TPSA) is 133 Å². The van der Waals surface area contributed by atoms with Crippen LogP contribution in [0.2, 0.25) is 0 Å². The molecule has 2 unspecified atom stereocenters. The first kappa shape index (κ1) is 84.3. The Hall–Kier alpha value is -0.860. The molecule has 0 bridgehead atoms. The summed E-state index contributed by atoms with van der Waals surface area (Å²) in [6.45, 7) is 9.05. The van der Waals surface area contributed by atoms with Crippen molar-refractivity contribution in [2.45, 2.75) is 438 Å². The van der Waals surface area contributed by atoms with Crippen LogP contribution >= 0.6 is 0 Å². The molecule has 8 nitrogen and oxygen atoms in total. The summed E-state index contributed by atoms with van der Waals surface area (Å²) in [5.41, 5.74) is 0. The van der Waals surface area contributed by atoms with E-state index in [9.17, 15) is 29.4 Å². The third-order valence-corrected chi connectivity index (χ3v) is 16.6. The standard InChI is InChI=1S/2C36H70O4.Ca/c2*1-3-5-7-9-10-11-12-13-14-15-16-17-21-25-29-33-36(39)40-34(30-26-22-8-6-4-2)31-27-23-19-18-20-24-28-32-35(37)38;/h2*34H,3-33H2,1-2H3,(H,37,38);/q;;+2/p-2. The summed E-state index contributed by atoms with van der Waals surface area (Å²) in [7, 11) is 0. The Bertz CT molecular complexity index is 1170. The van der Waals surface area contributed by atoms with Gasteiger partial charge in [0, 0.05) is 24.8 Å². The van der Waals surface area contributed by atoms with Gasteiger partial charge in [-0.1, -0.05) is 323 Å². The van der Waals surface area contributed by atoms with Crippen LogP contribution in [-0.2, 0) is 28.7 Å². The summed E-state index contributed by atoms with van der Waals surface area (Å²) in [6.07, 6.45) is 73.2. The molecule has 0 heterocycles. The maximum Gasteiger partial charge on any atom is 2.00 e. The summed E-state index contributed by atoms with van der Waals surface area (Å²) >= 11 is 0. The van der Waals surface area contributed by atoms with E-state index < -0.39 is 11.9 Å². The maximum absolute atomic E-state index is 12.5. The van der Waals surface area contributed by atoms with Gasteiger partial charge in [0.15, 0.2) is 0 Å². The van der Waals surface area contributed by atoms with Gasteiger partial charge >= 0.3 is 49.7 Å². The number of rotatable bonds is 66. The number of unbranched alkanes of at least 4 members (excludes halogenated alkanes) is 48. The first-order valence-corrected chi connectivity index (χ1v) is 36.0. The van der Waals surface area contributed by atoms with Crippen molar-refractivity contribution in [3.8, 4) is 0 Å². The van der Waals surface area contributed by atoms with E-state index in [4.69, 9.17) is 9.47 Å². The van der Waals surface area contributed by atoms with Gasteiger partial charge in [-0.05, 0) is 89.9 Å². The van der Waals surface area contributed by atoms with Gasteiger partial charge in [0.2, 0.25) is 0 Å². The predicted molar refractivity (Wildman–Crippen MR) is 344 cm³/mol. The summed E-state index contributed by atoms with van der Waals surface area (Å²) < 4.78 is 11.9. The largest absolute Gasteiger partial charge is 2.00 e. The van der Waals surface area contributed by atoms with E-state index in [1.165, 1.54) is 244 Å². The quantitative estimate of drug-likeness (QED) is 0.0334. The fraction of sp³-hybridized carbons (Fsp3) is 0.944. The van der Waals surface area contributed by atoms with Crippen molar-refractivity contribution in [3.63, 3.8) is 0 Å². The molecule has 0 aliphatic heterocycles. The SMILES string of the molecule is CCCCCCCCCCCCCCCCCC(=O)OC(CCCCCCC)CCCCCCCCCC(=O)[O-].CCCCCCCCCCCCCCCCCC(=O)OC(CCCCCCC)CCCCCCCCCC(=O)[O-].[Ca+2]. The van der Waals surface area contributed by atoms with Gasteiger partial charge in [0.25, 0.3) is 0 Å². The number of hydrogen-bond acceptors (Lipinski definition) is 8. The summed E-state index contributed by atoms with van der Waals surface area (Å²) in [4.78, 5) is 46.0. The Balaban J connectivity index is -0.00000148. The second-order valence-electron chi connectivity index (χ2n) is 24.8. The van der Waals surface area contributed by atoms with Gasteiger partial charge in [-0.3, -0.25) is 9.59 Å². The van der Waals surface area contributed by atoms with Crippen molar-refractivity contribution in [3.05, 3.63) is 0 Å². The van der Waals surface area contributed by atoms with Gasteiger partial charge in [-0.25, -0.2) is 0 Å². The molecule has 0 rings (SSSR count). The molecular formula is C72H138CaO8. The van der Waals surface area contributed by atoms with Gasteiger partial charge in [0.05, 0.1) is 0 Å². The molecule has 476 valence electrons. The fourth-order valence-corrected chi connectivity index (χ4v) is 11.3. The molecule has 0 aliphatic carbocycles. The van der Waals surface area contributed by atoms with Crippen LogP contribution in [0, 0.1) is 0 Å². The van der Waals surface area contributed by atoms with Crippen LogP contribution in [0.5, 0.6) is 0 Å². The third kappa shape index (κ3) is 75.2. The van der Waals surface area contributed by atoms with E-state index in [2.05, 4.69) is 27.7 Å². The molecule has 81 heavy (non-hydrogen) atoms. The van der Waals surface area contributed by atoms with E-state index in [1.807, 2.05) is 0 Å². The monoisotopic (exact) mass is 1170 g/mol. The maximum atomic E-state index is 12.5.